The van der Waals surface area contributed by atoms with E-state index in [9.17, 15) is 9.59 Å². The Labute approximate surface area is 164 Å². The van der Waals surface area contributed by atoms with Gasteiger partial charge in [-0.2, -0.15) is 0 Å². The van der Waals surface area contributed by atoms with E-state index in [-0.39, 0.29) is 24.2 Å². The van der Waals surface area contributed by atoms with Gasteiger partial charge < -0.3 is 19.3 Å². The van der Waals surface area contributed by atoms with Crippen LogP contribution in [-0.4, -0.2) is 39.1 Å². The number of amides is 2. The third kappa shape index (κ3) is 3.19. The van der Waals surface area contributed by atoms with Crippen molar-refractivity contribution in [2.75, 3.05) is 37.1 Å². The molecule has 0 saturated carbocycles. The highest BCUT2D eigenvalue weighted by molar-refractivity contribution is 6.05. The summed E-state index contributed by atoms with van der Waals surface area (Å²) in [7, 11) is 3.14. The normalized spacial score (nSPS) is 18.8. The number of benzene rings is 2. The van der Waals surface area contributed by atoms with Gasteiger partial charge in [0.05, 0.1) is 20.1 Å². The van der Waals surface area contributed by atoms with Crippen LogP contribution in [0.15, 0.2) is 42.5 Å². The fourth-order valence-corrected chi connectivity index (χ4v) is 4.10. The minimum absolute atomic E-state index is 0.0310. The number of carbonyl (C=O) groups excluding carboxylic acids is 2. The smallest absolute Gasteiger partial charge is 0.232 e. The molecule has 0 bridgehead atoms. The molecule has 6 heteroatoms. The van der Waals surface area contributed by atoms with Gasteiger partial charge in [-0.25, -0.2) is 0 Å². The third-order valence-corrected chi connectivity index (χ3v) is 5.53. The molecule has 0 spiro atoms. The number of nitrogens with zero attached hydrogens (tertiary/aromatic N) is 2. The number of fused-ring (bicyclic) bond motifs is 1. The summed E-state index contributed by atoms with van der Waals surface area (Å²) in [6, 6.07) is 13.4. The number of carbonyl (C=O) groups is 2. The first-order valence-electron chi connectivity index (χ1n) is 9.54. The van der Waals surface area contributed by atoms with Crippen molar-refractivity contribution in [2.24, 2.45) is 5.92 Å². The van der Waals surface area contributed by atoms with Crippen molar-refractivity contribution in [2.45, 2.75) is 19.3 Å². The van der Waals surface area contributed by atoms with Crippen molar-refractivity contribution in [1.29, 1.82) is 0 Å². The fourth-order valence-electron chi connectivity index (χ4n) is 4.10. The second kappa shape index (κ2) is 7.54. The van der Waals surface area contributed by atoms with Gasteiger partial charge in [-0.3, -0.25) is 9.59 Å². The minimum Gasteiger partial charge on any atom is -0.493 e. The zero-order valence-electron chi connectivity index (χ0n) is 16.2. The van der Waals surface area contributed by atoms with Crippen LogP contribution in [0.3, 0.4) is 0 Å². The minimum atomic E-state index is -0.341. The molecule has 2 aliphatic heterocycles. The molecule has 1 unspecified atom stereocenters. The molecule has 4 rings (SSSR count). The van der Waals surface area contributed by atoms with Crippen molar-refractivity contribution >= 4 is 23.2 Å². The highest BCUT2D eigenvalue weighted by Gasteiger charge is 2.38. The maximum atomic E-state index is 13.2. The first-order chi connectivity index (χ1) is 13.6. The Morgan fingerprint density at radius 3 is 2.64 bits per heavy atom. The van der Waals surface area contributed by atoms with Gasteiger partial charge in [0.15, 0.2) is 11.5 Å². The van der Waals surface area contributed by atoms with E-state index in [1.165, 1.54) is 5.56 Å². The molecule has 2 aromatic rings. The van der Waals surface area contributed by atoms with Gasteiger partial charge in [-0.05, 0) is 36.6 Å². The van der Waals surface area contributed by atoms with E-state index < -0.39 is 0 Å². The van der Waals surface area contributed by atoms with Gasteiger partial charge in [0.2, 0.25) is 11.8 Å². The molecular weight excluding hydrogens is 356 g/mol. The first kappa shape index (κ1) is 18.3. The van der Waals surface area contributed by atoms with E-state index in [1.807, 2.05) is 29.2 Å². The quantitative estimate of drug-likeness (QED) is 0.818. The summed E-state index contributed by atoms with van der Waals surface area (Å²) in [5.41, 5.74) is 2.90. The molecule has 146 valence electrons. The molecule has 2 aromatic carbocycles. The molecule has 0 aromatic heterocycles. The summed E-state index contributed by atoms with van der Waals surface area (Å²) >= 11 is 0. The molecule has 2 heterocycles. The lowest BCUT2D eigenvalue weighted by Gasteiger charge is -2.31. The number of rotatable bonds is 4. The van der Waals surface area contributed by atoms with E-state index in [4.69, 9.17) is 9.47 Å². The summed E-state index contributed by atoms with van der Waals surface area (Å²) in [6.45, 7) is 1.09. The topological polar surface area (TPSA) is 59.1 Å². The fraction of sp³-hybridized carbons (Fsp3) is 0.364. The van der Waals surface area contributed by atoms with Crippen LogP contribution in [0.4, 0.5) is 11.4 Å². The molecule has 1 saturated heterocycles. The highest BCUT2D eigenvalue weighted by atomic mass is 16.5. The molecule has 1 fully saturated rings. The van der Waals surface area contributed by atoms with Crippen LogP contribution in [0.5, 0.6) is 11.5 Å². The summed E-state index contributed by atoms with van der Waals surface area (Å²) in [6.07, 6.45) is 2.16. The zero-order chi connectivity index (χ0) is 19.7. The van der Waals surface area contributed by atoms with Gasteiger partial charge in [0.25, 0.3) is 0 Å². The lowest BCUT2D eigenvalue weighted by Crippen LogP contribution is -2.40. The van der Waals surface area contributed by atoms with E-state index in [0.717, 1.165) is 24.2 Å². The number of aryl methyl sites for hydroxylation is 1. The lowest BCUT2D eigenvalue weighted by molar-refractivity contribution is -0.124. The van der Waals surface area contributed by atoms with Gasteiger partial charge in [-0.1, -0.05) is 18.2 Å². The predicted molar refractivity (Wildman–Crippen MR) is 107 cm³/mol. The van der Waals surface area contributed by atoms with Crippen LogP contribution < -0.4 is 19.3 Å². The molecule has 0 radical (unpaired) electrons. The SMILES string of the molecule is COc1ccc(N2CC(C(=O)N3CCCc4ccccc43)CC2=O)cc1OC. The van der Waals surface area contributed by atoms with Gasteiger partial charge in [0.1, 0.15) is 0 Å². The summed E-state index contributed by atoms with van der Waals surface area (Å²) in [5.74, 6) is 0.814. The summed E-state index contributed by atoms with van der Waals surface area (Å²) < 4.78 is 10.6. The van der Waals surface area contributed by atoms with Crippen molar-refractivity contribution in [1.82, 2.24) is 0 Å². The number of methoxy groups -OCH3 is 2. The second-order valence-corrected chi connectivity index (χ2v) is 7.17. The average Bonchev–Trinajstić information content (AvgIpc) is 3.13. The molecule has 0 aliphatic carbocycles. The molecule has 2 amide bonds. The van der Waals surface area contributed by atoms with Crippen LogP contribution in [-0.2, 0) is 16.0 Å². The lowest BCUT2D eigenvalue weighted by atomic mass is 9.99. The number of hydrogen-bond donors (Lipinski definition) is 0. The molecule has 0 N–H and O–H groups in total. The van der Waals surface area contributed by atoms with Gasteiger partial charge >= 0.3 is 0 Å². The van der Waals surface area contributed by atoms with Crippen molar-refractivity contribution in [3.63, 3.8) is 0 Å². The maximum absolute atomic E-state index is 13.2. The standard InChI is InChI=1S/C22H24N2O4/c1-27-19-10-9-17(13-20(19)28-2)24-14-16(12-21(24)25)22(26)23-11-5-7-15-6-3-4-8-18(15)23/h3-4,6,8-10,13,16H,5,7,11-12,14H2,1-2H3. The second-order valence-electron chi connectivity index (χ2n) is 7.17. The Hall–Kier alpha value is -3.02. The van der Waals surface area contributed by atoms with E-state index in [2.05, 4.69) is 6.07 Å². The monoisotopic (exact) mass is 380 g/mol. The number of ether oxygens (including phenoxy) is 2. The summed E-state index contributed by atoms with van der Waals surface area (Å²) in [4.78, 5) is 29.4. The van der Waals surface area contributed by atoms with Crippen LogP contribution in [0.25, 0.3) is 0 Å². The highest BCUT2D eigenvalue weighted by Crippen LogP contribution is 2.35. The van der Waals surface area contributed by atoms with E-state index in [1.54, 1.807) is 31.3 Å². The van der Waals surface area contributed by atoms with E-state index in [0.29, 0.717) is 24.6 Å². The Balaban J connectivity index is 1.55. The van der Waals surface area contributed by atoms with Crippen molar-refractivity contribution < 1.29 is 19.1 Å². The van der Waals surface area contributed by atoms with Gasteiger partial charge in [-0.15, -0.1) is 0 Å². The van der Waals surface area contributed by atoms with Crippen molar-refractivity contribution in [3.05, 3.63) is 48.0 Å². The summed E-state index contributed by atoms with van der Waals surface area (Å²) in [5, 5.41) is 0. The molecular formula is C22H24N2O4. The Kier molecular flexibility index (Phi) is 4.94. The molecule has 6 nitrogen and oxygen atoms in total. The van der Waals surface area contributed by atoms with Crippen molar-refractivity contribution in [3.8, 4) is 11.5 Å². The Morgan fingerprint density at radius 2 is 1.86 bits per heavy atom. The van der Waals surface area contributed by atoms with Crippen LogP contribution >= 0.6 is 0 Å². The zero-order valence-corrected chi connectivity index (χ0v) is 16.2. The van der Waals surface area contributed by atoms with Crippen LogP contribution in [0.2, 0.25) is 0 Å². The first-order valence-corrected chi connectivity index (χ1v) is 9.54. The van der Waals surface area contributed by atoms with Gasteiger partial charge in [0, 0.05) is 37.0 Å². The number of anilines is 2. The number of para-hydroxylation sites is 1. The Bertz CT molecular complexity index is 911. The molecule has 2 aliphatic rings. The van der Waals surface area contributed by atoms with E-state index >= 15 is 0 Å². The Morgan fingerprint density at radius 1 is 1.07 bits per heavy atom. The van der Waals surface area contributed by atoms with Crippen LogP contribution in [0, 0.1) is 5.92 Å². The van der Waals surface area contributed by atoms with Crippen LogP contribution in [0.1, 0.15) is 18.4 Å². The average molecular weight is 380 g/mol. The molecule has 1 atom stereocenters. The largest absolute Gasteiger partial charge is 0.493 e. The maximum Gasteiger partial charge on any atom is 0.232 e. The number of hydrogen-bond acceptors (Lipinski definition) is 4. The molecule has 28 heavy (non-hydrogen) atoms. The third-order valence-electron chi connectivity index (χ3n) is 5.53. The predicted octanol–water partition coefficient (Wildman–Crippen LogP) is 3.04.